The summed E-state index contributed by atoms with van der Waals surface area (Å²) in [7, 11) is -1.29. The number of hydrogen-bond donors (Lipinski definition) is 3. The van der Waals surface area contributed by atoms with E-state index < -0.39 is 16.1 Å². The summed E-state index contributed by atoms with van der Waals surface area (Å²) in [5, 5.41) is 10.2. The summed E-state index contributed by atoms with van der Waals surface area (Å²) >= 11 is 0. The molecule has 26 heavy (non-hydrogen) atoms. The molecule has 1 aliphatic carbocycles. The molecule has 0 saturated heterocycles. The predicted octanol–water partition coefficient (Wildman–Crippen LogP) is 1.25. The number of H-pyrrole nitrogens is 1. The monoisotopic (exact) mass is 381 g/mol. The molecule has 0 radical (unpaired) electrons. The minimum atomic E-state index is -3.34. The van der Waals surface area contributed by atoms with E-state index in [1.807, 2.05) is 19.3 Å². The Kier molecular flexibility index (Phi) is 5.79. The van der Waals surface area contributed by atoms with Crippen LogP contribution in [-0.4, -0.2) is 60.0 Å². The van der Waals surface area contributed by atoms with E-state index in [4.69, 9.17) is 0 Å². The number of aliphatic hydroxyl groups excluding tert-OH is 1. The van der Waals surface area contributed by atoms with Crippen LogP contribution in [0.25, 0.3) is 11.0 Å². The fraction of sp³-hybridized carbons (Fsp3) is 0.647. The maximum Gasteiger partial charge on any atom is 0.211 e. The molecule has 8 nitrogen and oxygen atoms in total. The van der Waals surface area contributed by atoms with Crippen molar-refractivity contribution in [2.45, 2.75) is 44.8 Å². The van der Waals surface area contributed by atoms with Crippen LogP contribution in [0.15, 0.2) is 18.6 Å². The number of nitrogens with zero attached hydrogens (tertiary/aromatic N) is 3. The van der Waals surface area contributed by atoms with Gasteiger partial charge in [-0.3, -0.25) is 0 Å². The summed E-state index contributed by atoms with van der Waals surface area (Å²) in [4.78, 5) is 14.0. The molecule has 3 N–H and O–H groups in total. The van der Waals surface area contributed by atoms with E-state index in [0.717, 1.165) is 42.5 Å². The molecule has 0 spiro atoms. The van der Waals surface area contributed by atoms with E-state index in [1.54, 1.807) is 13.3 Å². The molecule has 0 aromatic carbocycles. The van der Waals surface area contributed by atoms with E-state index in [1.165, 1.54) is 0 Å². The van der Waals surface area contributed by atoms with Gasteiger partial charge >= 0.3 is 0 Å². The summed E-state index contributed by atoms with van der Waals surface area (Å²) < 4.78 is 26.7. The number of hydrogen-bond acceptors (Lipinski definition) is 6. The highest BCUT2D eigenvalue weighted by molar-refractivity contribution is 7.89. The van der Waals surface area contributed by atoms with Gasteiger partial charge in [-0.25, -0.2) is 23.1 Å². The quantitative estimate of drug-likeness (QED) is 0.666. The number of aliphatic hydroxyl groups is 1. The Morgan fingerprint density at radius 2 is 2.08 bits per heavy atom. The van der Waals surface area contributed by atoms with Crippen molar-refractivity contribution in [1.82, 2.24) is 19.7 Å². The second-order valence-electron chi connectivity index (χ2n) is 7.20. The van der Waals surface area contributed by atoms with Crippen LogP contribution in [0.2, 0.25) is 0 Å². The molecule has 0 aliphatic heterocycles. The van der Waals surface area contributed by atoms with Gasteiger partial charge in [0.1, 0.15) is 17.8 Å². The SMILES string of the molecule is CC(O)CNS(=O)(=O)CC1CCC(N(C)c2ncnc3[nH]ccc23)CC1. The zero-order valence-corrected chi connectivity index (χ0v) is 16.0. The van der Waals surface area contributed by atoms with E-state index in [9.17, 15) is 13.5 Å². The van der Waals surface area contributed by atoms with Crippen LogP contribution in [0.1, 0.15) is 32.6 Å². The minimum absolute atomic E-state index is 0.0702. The van der Waals surface area contributed by atoms with Gasteiger partial charge in [-0.2, -0.15) is 0 Å². The zero-order chi connectivity index (χ0) is 18.7. The smallest absolute Gasteiger partial charge is 0.211 e. The van der Waals surface area contributed by atoms with Crippen LogP contribution < -0.4 is 9.62 Å². The third-order valence-electron chi connectivity index (χ3n) is 5.08. The number of nitrogens with one attached hydrogen (secondary N) is 2. The maximum atomic E-state index is 12.1. The topological polar surface area (TPSA) is 111 Å². The first-order valence-corrected chi connectivity index (χ1v) is 10.7. The third kappa shape index (κ3) is 4.52. The first-order chi connectivity index (χ1) is 12.4. The Labute approximate surface area is 154 Å². The molecule has 1 aliphatic rings. The Morgan fingerprint density at radius 3 is 2.77 bits per heavy atom. The molecule has 2 aromatic rings. The molecule has 2 aromatic heterocycles. The number of anilines is 1. The summed E-state index contributed by atoms with van der Waals surface area (Å²) in [6, 6.07) is 2.32. The summed E-state index contributed by atoms with van der Waals surface area (Å²) in [5.41, 5.74) is 0.825. The Hall–Kier alpha value is -1.71. The van der Waals surface area contributed by atoms with Gasteiger partial charge in [0.15, 0.2) is 0 Å². The van der Waals surface area contributed by atoms with Gasteiger partial charge in [-0.15, -0.1) is 0 Å². The first-order valence-electron chi connectivity index (χ1n) is 9.02. The van der Waals surface area contributed by atoms with Crippen molar-refractivity contribution in [3.63, 3.8) is 0 Å². The normalized spacial score (nSPS) is 22.4. The van der Waals surface area contributed by atoms with Gasteiger partial charge < -0.3 is 15.0 Å². The van der Waals surface area contributed by atoms with Crippen molar-refractivity contribution in [3.8, 4) is 0 Å². The lowest BCUT2D eigenvalue weighted by Gasteiger charge is -2.35. The molecule has 144 valence electrons. The lowest BCUT2D eigenvalue weighted by atomic mass is 9.86. The number of sulfonamides is 1. The van der Waals surface area contributed by atoms with Crippen molar-refractivity contribution >= 4 is 26.9 Å². The summed E-state index contributed by atoms with van der Waals surface area (Å²) in [6.07, 6.45) is 6.35. The van der Waals surface area contributed by atoms with Gasteiger partial charge in [-0.05, 0) is 44.6 Å². The fourth-order valence-corrected chi connectivity index (χ4v) is 5.20. The van der Waals surface area contributed by atoms with Crippen LogP contribution in [0, 0.1) is 5.92 Å². The number of rotatable bonds is 7. The molecule has 3 rings (SSSR count). The second-order valence-corrected chi connectivity index (χ2v) is 9.05. The van der Waals surface area contributed by atoms with Crippen molar-refractivity contribution in [2.24, 2.45) is 5.92 Å². The zero-order valence-electron chi connectivity index (χ0n) is 15.2. The first kappa shape index (κ1) is 19.1. The molecule has 1 fully saturated rings. The van der Waals surface area contributed by atoms with Crippen LogP contribution in [-0.2, 0) is 10.0 Å². The van der Waals surface area contributed by atoms with Crippen molar-refractivity contribution in [2.75, 3.05) is 24.2 Å². The van der Waals surface area contributed by atoms with Crippen molar-refractivity contribution in [1.29, 1.82) is 0 Å². The molecular formula is C17H27N5O3S. The van der Waals surface area contributed by atoms with Gasteiger partial charge in [0.25, 0.3) is 0 Å². The van der Waals surface area contributed by atoms with E-state index in [0.29, 0.717) is 6.04 Å². The highest BCUT2D eigenvalue weighted by Crippen LogP contribution is 2.31. The average molecular weight is 382 g/mol. The average Bonchev–Trinajstić information content (AvgIpc) is 3.08. The van der Waals surface area contributed by atoms with Crippen LogP contribution >= 0.6 is 0 Å². The fourth-order valence-electron chi connectivity index (χ4n) is 3.63. The van der Waals surface area contributed by atoms with E-state index in [-0.39, 0.29) is 18.2 Å². The Balaban J connectivity index is 1.57. The van der Waals surface area contributed by atoms with Crippen LogP contribution in [0.4, 0.5) is 5.82 Å². The van der Waals surface area contributed by atoms with Crippen LogP contribution in [0.5, 0.6) is 0 Å². The van der Waals surface area contributed by atoms with Crippen LogP contribution in [0.3, 0.4) is 0 Å². The molecule has 1 unspecified atom stereocenters. The maximum absolute atomic E-state index is 12.1. The Morgan fingerprint density at radius 1 is 1.35 bits per heavy atom. The molecule has 0 bridgehead atoms. The molecule has 1 atom stereocenters. The second kappa shape index (κ2) is 7.89. The molecule has 9 heteroatoms. The van der Waals surface area contributed by atoms with E-state index in [2.05, 4.69) is 24.6 Å². The molecular weight excluding hydrogens is 354 g/mol. The lowest BCUT2D eigenvalue weighted by molar-refractivity contribution is 0.198. The highest BCUT2D eigenvalue weighted by atomic mass is 32.2. The van der Waals surface area contributed by atoms with Gasteiger partial charge in [0, 0.05) is 25.8 Å². The number of fused-ring (bicyclic) bond motifs is 1. The molecule has 0 amide bonds. The van der Waals surface area contributed by atoms with E-state index >= 15 is 0 Å². The number of aromatic amines is 1. The third-order valence-corrected chi connectivity index (χ3v) is 6.60. The largest absolute Gasteiger partial charge is 0.392 e. The molecule has 1 saturated carbocycles. The predicted molar refractivity (Wildman–Crippen MR) is 102 cm³/mol. The molecule has 2 heterocycles. The minimum Gasteiger partial charge on any atom is -0.392 e. The Bertz CT molecular complexity index is 828. The van der Waals surface area contributed by atoms with Gasteiger partial charge in [0.2, 0.25) is 10.0 Å². The lowest BCUT2D eigenvalue weighted by Crippen LogP contribution is -2.39. The van der Waals surface area contributed by atoms with Gasteiger partial charge in [-0.1, -0.05) is 0 Å². The summed E-state index contributed by atoms with van der Waals surface area (Å²) in [5.74, 6) is 1.20. The highest BCUT2D eigenvalue weighted by Gasteiger charge is 2.28. The van der Waals surface area contributed by atoms with Crippen molar-refractivity contribution < 1.29 is 13.5 Å². The van der Waals surface area contributed by atoms with Crippen molar-refractivity contribution in [3.05, 3.63) is 18.6 Å². The summed E-state index contributed by atoms with van der Waals surface area (Å²) in [6.45, 7) is 1.64. The van der Waals surface area contributed by atoms with Gasteiger partial charge in [0.05, 0.1) is 17.2 Å². The number of aromatic nitrogens is 3. The standard InChI is InChI=1S/C17H27N5O3S/c1-12(23)9-21-26(24,25)10-13-3-5-14(6-4-13)22(2)17-15-7-8-18-16(15)19-11-20-17/h7-8,11-14,21,23H,3-6,9-10H2,1-2H3,(H,18,19,20).